The molecule has 0 aromatic carbocycles. The molecule has 0 unspecified atom stereocenters. The van der Waals surface area contributed by atoms with Crippen LogP contribution in [-0.2, 0) is 38.1 Å². The van der Waals surface area contributed by atoms with Gasteiger partial charge in [-0.05, 0) is 51.4 Å². The zero-order valence-electron chi connectivity index (χ0n) is 24.8. The van der Waals surface area contributed by atoms with Gasteiger partial charge in [-0.1, -0.05) is 66.2 Å². The lowest BCUT2D eigenvalue weighted by molar-refractivity contribution is -0.146. The lowest BCUT2D eigenvalue weighted by Gasteiger charge is -2.05. The first-order valence-electron chi connectivity index (χ1n) is 15.0. The first-order valence-corrected chi connectivity index (χ1v) is 15.0. The molecule has 0 spiro atoms. The van der Waals surface area contributed by atoms with E-state index in [9.17, 15) is 19.2 Å². The van der Waals surface area contributed by atoms with Crippen LogP contribution in [0.1, 0.15) is 143 Å². The number of hydrogen-bond donors (Lipinski definition) is 0. The second-order valence-electron chi connectivity index (χ2n) is 9.42. The summed E-state index contributed by atoms with van der Waals surface area (Å²) in [5.74, 6) is -0.638. The normalized spacial score (nSPS) is 10.2. The lowest BCUT2D eigenvalue weighted by Crippen LogP contribution is -2.08. The zero-order valence-corrected chi connectivity index (χ0v) is 24.8. The van der Waals surface area contributed by atoms with Crippen LogP contribution >= 0.6 is 0 Å². The lowest BCUT2D eigenvalue weighted by atomic mass is 10.2. The molecule has 0 fully saturated rings. The number of ether oxygens (including phenoxy) is 4. The minimum absolute atomic E-state index is 0.155. The van der Waals surface area contributed by atoms with Crippen LogP contribution in [0.2, 0.25) is 0 Å². The highest BCUT2D eigenvalue weighted by molar-refractivity contribution is 5.71. The maximum absolute atomic E-state index is 11.4. The van der Waals surface area contributed by atoms with Gasteiger partial charge in [0.05, 0.1) is 26.4 Å². The van der Waals surface area contributed by atoms with Crippen LogP contribution in [-0.4, -0.2) is 50.3 Å². The molecule has 0 heterocycles. The summed E-state index contributed by atoms with van der Waals surface area (Å²) in [5.41, 5.74) is 0. The highest BCUT2D eigenvalue weighted by Crippen LogP contribution is 2.06. The van der Waals surface area contributed by atoms with Crippen LogP contribution in [0.3, 0.4) is 0 Å². The molecule has 0 rings (SSSR count). The second kappa shape index (κ2) is 31.1. The molecule has 0 radical (unpaired) electrons. The third kappa shape index (κ3) is 31.9. The van der Waals surface area contributed by atoms with Crippen molar-refractivity contribution in [1.82, 2.24) is 0 Å². The highest BCUT2D eigenvalue weighted by atomic mass is 16.5. The standard InChI is InChI=1S/C16H30O4.C14H26O4/c1-3-5-9-13-19-15(17)11-7-8-12-16(18)20-14-10-6-4-2;1-3-5-11-17-13(15)9-7-8-10-14(16)18-12-6-4-2/h3-14H2,1-2H3;3-12H2,1-2H3. The summed E-state index contributed by atoms with van der Waals surface area (Å²) in [5, 5.41) is 0. The van der Waals surface area contributed by atoms with Crippen molar-refractivity contribution in [1.29, 1.82) is 0 Å². The zero-order chi connectivity index (χ0) is 28.7. The van der Waals surface area contributed by atoms with Crippen molar-refractivity contribution < 1.29 is 38.1 Å². The van der Waals surface area contributed by atoms with Gasteiger partial charge in [-0.15, -0.1) is 0 Å². The summed E-state index contributed by atoms with van der Waals surface area (Å²) < 4.78 is 20.2. The van der Waals surface area contributed by atoms with Crippen molar-refractivity contribution in [3.8, 4) is 0 Å². The van der Waals surface area contributed by atoms with E-state index in [2.05, 4.69) is 27.7 Å². The molecule has 8 heteroatoms. The molecule has 0 aliphatic carbocycles. The van der Waals surface area contributed by atoms with Gasteiger partial charge in [0.15, 0.2) is 0 Å². The van der Waals surface area contributed by atoms with Crippen LogP contribution in [0.25, 0.3) is 0 Å². The molecule has 0 atom stereocenters. The molecule has 38 heavy (non-hydrogen) atoms. The third-order valence-electron chi connectivity index (χ3n) is 5.57. The Bertz CT molecular complexity index is 527. The van der Waals surface area contributed by atoms with Crippen molar-refractivity contribution in [2.75, 3.05) is 26.4 Å². The summed E-state index contributed by atoms with van der Waals surface area (Å²) in [6.45, 7) is 10.4. The SMILES string of the molecule is CCCCCOC(=O)CCCCC(=O)OCCCCC.CCCCOC(=O)CCCCC(=O)OCCCC. The summed E-state index contributed by atoms with van der Waals surface area (Å²) in [7, 11) is 0. The summed E-state index contributed by atoms with van der Waals surface area (Å²) in [4.78, 5) is 45.2. The number of rotatable bonds is 24. The van der Waals surface area contributed by atoms with Crippen molar-refractivity contribution in [2.24, 2.45) is 0 Å². The molecule has 224 valence electrons. The largest absolute Gasteiger partial charge is 0.466 e. The van der Waals surface area contributed by atoms with Crippen LogP contribution in [0.5, 0.6) is 0 Å². The Morgan fingerprint density at radius 2 is 0.579 bits per heavy atom. The van der Waals surface area contributed by atoms with E-state index in [1.54, 1.807) is 0 Å². The Kier molecular flexibility index (Phi) is 31.1. The number of carbonyl (C=O) groups is 4. The fourth-order valence-corrected chi connectivity index (χ4v) is 3.10. The molecular formula is C30H56O8. The Labute approximate surface area is 231 Å². The molecule has 0 saturated heterocycles. The van der Waals surface area contributed by atoms with Crippen molar-refractivity contribution in [2.45, 2.75) is 143 Å². The smallest absolute Gasteiger partial charge is 0.305 e. The first-order chi connectivity index (χ1) is 18.4. The predicted molar refractivity (Wildman–Crippen MR) is 150 cm³/mol. The van der Waals surface area contributed by atoms with E-state index in [0.717, 1.165) is 64.2 Å². The molecule has 0 aromatic heterocycles. The van der Waals surface area contributed by atoms with E-state index >= 15 is 0 Å². The fourth-order valence-electron chi connectivity index (χ4n) is 3.10. The van der Waals surface area contributed by atoms with Crippen molar-refractivity contribution >= 4 is 23.9 Å². The van der Waals surface area contributed by atoms with E-state index in [4.69, 9.17) is 18.9 Å². The minimum atomic E-state index is -0.164. The summed E-state index contributed by atoms with van der Waals surface area (Å²) >= 11 is 0. The summed E-state index contributed by atoms with van der Waals surface area (Å²) in [6, 6.07) is 0. The van der Waals surface area contributed by atoms with Gasteiger partial charge in [0.2, 0.25) is 0 Å². The highest BCUT2D eigenvalue weighted by Gasteiger charge is 2.07. The number of carbonyl (C=O) groups excluding carboxylic acids is 4. The minimum Gasteiger partial charge on any atom is -0.466 e. The molecule has 0 saturated carbocycles. The van der Waals surface area contributed by atoms with E-state index in [1.165, 1.54) is 0 Å². The molecule has 0 aliphatic rings. The first kappa shape index (κ1) is 38.0. The van der Waals surface area contributed by atoms with Gasteiger partial charge in [0.1, 0.15) is 0 Å². The molecule has 0 aliphatic heterocycles. The Morgan fingerprint density at radius 1 is 0.342 bits per heavy atom. The summed E-state index contributed by atoms with van der Waals surface area (Å²) in [6.07, 6.45) is 14.5. The van der Waals surface area contributed by atoms with Gasteiger partial charge in [-0.3, -0.25) is 19.2 Å². The molecule has 8 nitrogen and oxygen atoms in total. The van der Waals surface area contributed by atoms with Gasteiger partial charge >= 0.3 is 23.9 Å². The van der Waals surface area contributed by atoms with E-state index in [1.807, 2.05) is 0 Å². The monoisotopic (exact) mass is 544 g/mol. The molecular weight excluding hydrogens is 488 g/mol. The quantitative estimate of drug-likeness (QED) is 0.0711. The molecule has 0 bridgehead atoms. The second-order valence-corrected chi connectivity index (χ2v) is 9.42. The number of esters is 4. The average molecular weight is 545 g/mol. The van der Waals surface area contributed by atoms with E-state index < -0.39 is 0 Å². The number of unbranched alkanes of at least 4 members (excludes halogenated alkanes) is 8. The molecule has 0 amide bonds. The maximum atomic E-state index is 11.4. The Balaban J connectivity index is 0. The van der Waals surface area contributed by atoms with Gasteiger partial charge in [-0.2, -0.15) is 0 Å². The van der Waals surface area contributed by atoms with Gasteiger partial charge in [0.25, 0.3) is 0 Å². The predicted octanol–water partition coefficient (Wildman–Crippen LogP) is 7.25. The van der Waals surface area contributed by atoms with E-state index in [-0.39, 0.29) is 23.9 Å². The van der Waals surface area contributed by atoms with Crippen LogP contribution in [0.15, 0.2) is 0 Å². The fraction of sp³-hybridized carbons (Fsp3) is 0.867. The number of hydrogen-bond acceptors (Lipinski definition) is 8. The van der Waals surface area contributed by atoms with Gasteiger partial charge in [-0.25, -0.2) is 0 Å². The van der Waals surface area contributed by atoms with Crippen LogP contribution in [0.4, 0.5) is 0 Å². The van der Waals surface area contributed by atoms with Crippen molar-refractivity contribution in [3.63, 3.8) is 0 Å². The molecule has 0 aromatic rings. The Hall–Kier alpha value is -2.12. The third-order valence-corrected chi connectivity index (χ3v) is 5.57. The van der Waals surface area contributed by atoms with Crippen molar-refractivity contribution in [3.05, 3.63) is 0 Å². The van der Waals surface area contributed by atoms with Crippen LogP contribution in [0, 0.1) is 0 Å². The topological polar surface area (TPSA) is 105 Å². The molecule has 0 N–H and O–H groups in total. The maximum Gasteiger partial charge on any atom is 0.305 e. The van der Waals surface area contributed by atoms with Gasteiger partial charge in [0, 0.05) is 25.7 Å². The Morgan fingerprint density at radius 3 is 0.816 bits per heavy atom. The van der Waals surface area contributed by atoms with Gasteiger partial charge < -0.3 is 18.9 Å². The average Bonchev–Trinajstić information content (AvgIpc) is 2.90. The van der Waals surface area contributed by atoms with Crippen LogP contribution < -0.4 is 0 Å². The van der Waals surface area contributed by atoms with E-state index in [0.29, 0.717) is 77.8 Å².